The molecule has 20 heavy (non-hydrogen) atoms. The summed E-state index contributed by atoms with van der Waals surface area (Å²) in [5, 5.41) is 0. The van der Waals surface area contributed by atoms with Crippen molar-refractivity contribution < 1.29 is 9.18 Å². The van der Waals surface area contributed by atoms with Crippen molar-refractivity contribution in [2.45, 2.75) is 26.2 Å². The van der Waals surface area contributed by atoms with E-state index < -0.39 is 0 Å². The number of piperazine rings is 1. The number of rotatable bonds is 1. The van der Waals surface area contributed by atoms with Gasteiger partial charge in [0.1, 0.15) is 5.82 Å². The van der Waals surface area contributed by atoms with Crippen LogP contribution in [0.5, 0.6) is 0 Å². The van der Waals surface area contributed by atoms with Gasteiger partial charge in [0, 0.05) is 31.7 Å². The standard InChI is InChI=1S/C16H23FN2O/c1-16(2,3)13-6-5-12(11-14(13)17)15(20)19-9-7-18(4)8-10-19/h5-6,11H,7-10H2,1-4H3. The SMILES string of the molecule is CN1CCN(C(=O)c2ccc(C(C)(C)C)c(F)c2)CC1. The molecule has 1 fully saturated rings. The molecule has 0 saturated carbocycles. The molecule has 1 aliphatic heterocycles. The van der Waals surface area contributed by atoms with E-state index >= 15 is 0 Å². The second kappa shape index (κ2) is 5.52. The third-order valence-electron chi connectivity index (χ3n) is 3.81. The zero-order chi connectivity index (χ0) is 14.9. The minimum atomic E-state index is -0.294. The average molecular weight is 278 g/mol. The predicted octanol–water partition coefficient (Wildman–Crippen LogP) is 2.51. The van der Waals surface area contributed by atoms with Gasteiger partial charge >= 0.3 is 0 Å². The molecule has 0 aromatic heterocycles. The van der Waals surface area contributed by atoms with E-state index in [0.717, 1.165) is 13.1 Å². The Labute approximate surface area is 120 Å². The highest BCUT2D eigenvalue weighted by Crippen LogP contribution is 2.26. The molecule has 2 rings (SSSR count). The zero-order valence-corrected chi connectivity index (χ0v) is 12.7. The van der Waals surface area contributed by atoms with Crippen molar-refractivity contribution in [3.63, 3.8) is 0 Å². The van der Waals surface area contributed by atoms with Crippen LogP contribution in [0.2, 0.25) is 0 Å². The Kier molecular flexibility index (Phi) is 4.14. The molecule has 4 heteroatoms. The lowest BCUT2D eigenvalue weighted by Gasteiger charge is -2.32. The van der Waals surface area contributed by atoms with Gasteiger partial charge in [-0.05, 0) is 30.2 Å². The number of nitrogens with zero attached hydrogens (tertiary/aromatic N) is 2. The van der Waals surface area contributed by atoms with E-state index in [2.05, 4.69) is 4.90 Å². The summed E-state index contributed by atoms with van der Waals surface area (Å²) in [5.41, 5.74) is 0.840. The van der Waals surface area contributed by atoms with Crippen LogP contribution >= 0.6 is 0 Å². The summed E-state index contributed by atoms with van der Waals surface area (Å²) in [6.45, 7) is 9.05. The minimum Gasteiger partial charge on any atom is -0.336 e. The topological polar surface area (TPSA) is 23.6 Å². The van der Waals surface area contributed by atoms with Crippen molar-refractivity contribution in [2.75, 3.05) is 33.2 Å². The molecule has 1 aromatic carbocycles. The van der Waals surface area contributed by atoms with Gasteiger partial charge in [-0.3, -0.25) is 4.79 Å². The second-order valence-corrected chi connectivity index (χ2v) is 6.54. The highest BCUT2D eigenvalue weighted by molar-refractivity contribution is 5.94. The maximum Gasteiger partial charge on any atom is 0.254 e. The molecular formula is C16H23FN2O. The van der Waals surface area contributed by atoms with E-state index in [1.54, 1.807) is 17.0 Å². The van der Waals surface area contributed by atoms with Crippen molar-refractivity contribution in [3.05, 3.63) is 35.1 Å². The van der Waals surface area contributed by atoms with Gasteiger partial charge in [0.2, 0.25) is 0 Å². The van der Waals surface area contributed by atoms with Gasteiger partial charge < -0.3 is 9.80 Å². The first-order chi connectivity index (χ1) is 9.29. The Bertz CT molecular complexity index is 500. The number of carbonyl (C=O) groups is 1. The molecule has 1 heterocycles. The fraction of sp³-hybridized carbons (Fsp3) is 0.562. The van der Waals surface area contributed by atoms with E-state index in [9.17, 15) is 9.18 Å². The van der Waals surface area contributed by atoms with Crippen LogP contribution in [0.25, 0.3) is 0 Å². The molecule has 0 aliphatic carbocycles. The first-order valence-corrected chi connectivity index (χ1v) is 7.07. The summed E-state index contributed by atoms with van der Waals surface area (Å²) in [5.74, 6) is -0.366. The fourth-order valence-corrected chi connectivity index (χ4v) is 2.45. The molecule has 0 unspecified atom stereocenters. The Hall–Kier alpha value is -1.42. The summed E-state index contributed by atoms with van der Waals surface area (Å²) < 4.78 is 14.2. The quantitative estimate of drug-likeness (QED) is 0.788. The number of halogens is 1. The summed E-state index contributed by atoms with van der Waals surface area (Å²) in [4.78, 5) is 16.3. The Balaban J connectivity index is 2.17. The molecule has 110 valence electrons. The van der Waals surface area contributed by atoms with Gasteiger partial charge in [-0.15, -0.1) is 0 Å². The van der Waals surface area contributed by atoms with Crippen LogP contribution in [-0.4, -0.2) is 48.9 Å². The van der Waals surface area contributed by atoms with Crippen LogP contribution in [0.4, 0.5) is 4.39 Å². The fourth-order valence-electron chi connectivity index (χ4n) is 2.45. The molecule has 0 atom stereocenters. The van der Waals surface area contributed by atoms with E-state index in [1.807, 2.05) is 27.8 Å². The van der Waals surface area contributed by atoms with Crippen LogP contribution in [0.1, 0.15) is 36.7 Å². The Morgan fingerprint density at radius 3 is 2.25 bits per heavy atom. The van der Waals surface area contributed by atoms with Gasteiger partial charge in [-0.1, -0.05) is 26.8 Å². The number of benzene rings is 1. The number of amides is 1. The van der Waals surface area contributed by atoms with Gasteiger partial charge in [0.05, 0.1) is 0 Å². The number of likely N-dealkylation sites (N-methyl/N-ethyl adjacent to an activating group) is 1. The molecule has 0 spiro atoms. The maximum atomic E-state index is 14.2. The normalized spacial score (nSPS) is 17.4. The smallest absolute Gasteiger partial charge is 0.254 e. The number of carbonyl (C=O) groups excluding carboxylic acids is 1. The first kappa shape index (κ1) is 15.0. The third kappa shape index (κ3) is 3.18. The molecular weight excluding hydrogens is 255 g/mol. The van der Waals surface area contributed by atoms with Crippen LogP contribution in [0, 0.1) is 5.82 Å². The number of hydrogen-bond acceptors (Lipinski definition) is 2. The van der Waals surface area contributed by atoms with Crippen LogP contribution in [0.3, 0.4) is 0 Å². The summed E-state index contributed by atoms with van der Waals surface area (Å²) in [6.07, 6.45) is 0. The Morgan fingerprint density at radius 2 is 1.75 bits per heavy atom. The Morgan fingerprint density at radius 1 is 1.15 bits per heavy atom. The van der Waals surface area contributed by atoms with E-state index in [-0.39, 0.29) is 17.1 Å². The lowest BCUT2D eigenvalue weighted by atomic mass is 9.86. The molecule has 0 bridgehead atoms. The van der Waals surface area contributed by atoms with E-state index in [1.165, 1.54) is 6.07 Å². The van der Waals surface area contributed by atoms with E-state index in [0.29, 0.717) is 24.2 Å². The van der Waals surface area contributed by atoms with Gasteiger partial charge in [0.15, 0.2) is 0 Å². The average Bonchev–Trinajstić information content (AvgIpc) is 2.37. The van der Waals surface area contributed by atoms with Crippen molar-refractivity contribution in [1.29, 1.82) is 0 Å². The molecule has 0 radical (unpaired) electrons. The van der Waals surface area contributed by atoms with Crippen molar-refractivity contribution in [3.8, 4) is 0 Å². The molecule has 0 N–H and O–H groups in total. The van der Waals surface area contributed by atoms with Gasteiger partial charge in [0.25, 0.3) is 5.91 Å². The van der Waals surface area contributed by atoms with E-state index in [4.69, 9.17) is 0 Å². The van der Waals surface area contributed by atoms with Crippen molar-refractivity contribution in [2.24, 2.45) is 0 Å². The minimum absolute atomic E-state index is 0.0718. The summed E-state index contributed by atoms with van der Waals surface area (Å²) >= 11 is 0. The lowest BCUT2D eigenvalue weighted by Crippen LogP contribution is -2.47. The summed E-state index contributed by atoms with van der Waals surface area (Å²) in [6, 6.07) is 4.85. The van der Waals surface area contributed by atoms with Gasteiger partial charge in [-0.2, -0.15) is 0 Å². The van der Waals surface area contributed by atoms with Crippen molar-refractivity contribution >= 4 is 5.91 Å². The third-order valence-corrected chi connectivity index (χ3v) is 3.81. The van der Waals surface area contributed by atoms with Crippen molar-refractivity contribution in [1.82, 2.24) is 9.80 Å². The predicted molar refractivity (Wildman–Crippen MR) is 78.5 cm³/mol. The van der Waals surface area contributed by atoms with Crippen LogP contribution < -0.4 is 0 Å². The first-order valence-electron chi connectivity index (χ1n) is 7.07. The molecule has 1 aliphatic rings. The summed E-state index contributed by atoms with van der Waals surface area (Å²) in [7, 11) is 2.04. The lowest BCUT2D eigenvalue weighted by molar-refractivity contribution is 0.0663. The number of hydrogen-bond donors (Lipinski definition) is 0. The largest absolute Gasteiger partial charge is 0.336 e. The highest BCUT2D eigenvalue weighted by atomic mass is 19.1. The highest BCUT2D eigenvalue weighted by Gasteiger charge is 2.23. The van der Waals surface area contributed by atoms with Gasteiger partial charge in [-0.25, -0.2) is 4.39 Å². The second-order valence-electron chi connectivity index (χ2n) is 6.54. The van der Waals surface area contributed by atoms with Crippen LogP contribution in [0.15, 0.2) is 18.2 Å². The molecule has 1 aromatic rings. The zero-order valence-electron chi connectivity index (χ0n) is 12.7. The molecule has 3 nitrogen and oxygen atoms in total. The molecule has 1 amide bonds. The molecule has 1 saturated heterocycles. The maximum absolute atomic E-state index is 14.2. The van der Waals surface area contributed by atoms with Crippen LogP contribution in [-0.2, 0) is 5.41 Å². The monoisotopic (exact) mass is 278 g/mol.